The first-order chi connectivity index (χ1) is 9.72. The summed E-state index contributed by atoms with van der Waals surface area (Å²) in [6, 6.07) is 14.0. The second-order valence-electron chi connectivity index (χ2n) is 5.19. The summed E-state index contributed by atoms with van der Waals surface area (Å²) < 4.78 is 5.59. The van der Waals surface area contributed by atoms with Crippen molar-refractivity contribution in [1.82, 2.24) is 4.90 Å². The first-order valence-corrected chi connectivity index (χ1v) is 6.87. The van der Waals surface area contributed by atoms with Crippen molar-refractivity contribution in [2.45, 2.75) is 12.5 Å². The molecular formula is C16H18N2O2. The van der Waals surface area contributed by atoms with E-state index in [1.54, 1.807) is 4.90 Å². The Morgan fingerprint density at radius 3 is 2.80 bits per heavy atom. The molecule has 1 heterocycles. The number of nitrogens with two attached hydrogens (primary N) is 1. The number of hydrogen-bond donors (Lipinski definition) is 1. The lowest BCUT2D eigenvalue weighted by Crippen LogP contribution is -2.35. The monoisotopic (exact) mass is 270 g/mol. The maximum atomic E-state index is 12.0. The molecule has 2 N–H and O–H groups in total. The van der Waals surface area contributed by atoms with Gasteiger partial charge >= 0.3 is 0 Å². The summed E-state index contributed by atoms with van der Waals surface area (Å²) in [6.45, 7) is 1.45. The Balaban J connectivity index is 1.63. The minimum atomic E-state index is 0.00566. The molecule has 0 radical (unpaired) electrons. The van der Waals surface area contributed by atoms with Gasteiger partial charge in [0.15, 0.2) is 6.61 Å². The molecule has 1 saturated heterocycles. The smallest absolute Gasteiger partial charge is 0.260 e. The Kier molecular flexibility index (Phi) is 3.56. The van der Waals surface area contributed by atoms with Crippen molar-refractivity contribution in [3.05, 3.63) is 42.5 Å². The van der Waals surface area contributed by atoms with Crippen molar-refractivity contribution in [2.75, 3.05) is 19.7 Å². The number of carbonyl (C=O) groups excluding carboxylic acids is 1. The van der Waals surface area contributed by atoms with E-state index in [1.807, 2.05) is 36.4 Å². The molecule has 2 aromatic carbocycles. The highest BCUT2D eigenvalue weighted by Gasteiger charge is 2.23. The molecule has 4 nitrogen and oxygen atoms in total. The van der Waals surface area contributed by atoms with E-state index >= 15 is 0 Å². The average Bonchev–Trinajstić information content (AvgIpc) is 2.91. The number of hydrogen-bond acceptors (Lipinski definition) is 3. The minimum absolute atomic E-state index is 0.00566. The van der Waals surface area contributed by atoms with Gasteiger partial charge in [-0.1, -0.05) is 30.3 Å². The van der Waals surface area contributed by atoms with Crippen LogP contribution in [0.25, 0.3) is 10.8 Å². The van der Waals surface area contributed by atoms with Gasteiger partial charge in [-0.3, -0.25) is 4.79 Å². The van der Waals surface area contributed by atoms with E-state index in [-0.39, 0.29) is 18.6 Å². The van der Waals surface area contributed by atoms with Crippen LogP contribution in [0, 0.1) is 0 Å². The molecule has 1 amide bonds. The predicted octanol–water partition coefficient (Wildman–Crippen LogP) is 1.78. The number of carbonyl (C=O) groups is 1. The van der Waals surface area contributed by atoms with Crippen molar-refractivity contribution >= 4 is 16.7 Å². The van der Waals surface area contributed by atoms with Gasteiger partial charge in [0.2, 0.25) is 0 Å². The third-order valence-electron chi connectivity index (χ3n) is 3.66. The van der Waals surface area contributed by atoms with Gasteiger partial charge in [-0.2, -0.15) is 0 Å². The van der Waals surface area contributed by atoms with Crippen LogP contribution in [0.5, 0.6) is 5.75 Å². The number of likely N-dealkylation sites (tertiary alicyclic amines) is 1. The van der Waals surface area contributed by atoms with Crippen LogP contribution in [0.3, 0.4) is 0 Å². The topological polar surface area (TPSA) is 55.6 Å². The molecule has 104 valence electrons. The molecule has 1 fully saturated rings. The van der Waals surface area contributed by atoms with Crippen LogP contribution in [-0.4, -0.2) is 36.5 Å². The zero-order chi connectivity index (χ0) is 13.9. The second kappa shape index (κ2) is 5.51. The number of nitrogens with zero attached hydrogens (tertiary/aromatic N) is 1. The minimum Gasteiger partial charge on any atom is -0.484 e. The van der Waals surface area contributed by atoms with E-state index in [9.17, 15) is 4.79 Å². The zero-order valence-electron chi connectivity index (χ0n) is 11.3. The van der Waals surface area contributed by atoms with Crippen LogP contribution in [0.1, 0.15) is 6.42 Å². The standard InChI is InChI=1S/C16H18N2O2/c17-14-7-8-18(10-14)16(19)11-20-15-6-5-12-3-1-2-4-13(12)9-15/h1-6,9,14H,7-8,10-11,17H2/t14-/m1/s1. The lowest BCUT2D eigenvalue weighted by atomic mass is 10.1. The predicted molar refractivity (Wildman–Crippen MR) is 78.6 cm³/mol. The molecule has 4 heteroatoms. The van der Waals surface area contributed by atoms with Gasteiger partial charge in [-0.05, 0) is 29.3 Å². The number of benzene rings is 2. The van der Waals surface area contributed by atoms with Crippen molar-refractivity contribution in [2.24, 2.45) is 5.73 Å². The summed E-state index contributed by atoms with van der Waals surface area (Å²) in [7, 11) is 0. The molecule has 0 bridgehead atoms. The third kappa shape index (κ3) is 2.75. The Morgan fingerprint density at radius 2 is 2.05 bits per heavy atom. The van der Waals surface area contributed by atoms with E-state index in [1.165, 1.54) is 0 Å². The van der Waals surface area contributed by atoms with Gasteiger partial charge in [0.1, 0.15) is 5.75 Å². The van der Waals surface area contributed by atoms with E-state index < -0.39 is 0 Å². The molecule has 1 atom stereocenters. The highest BCUT2D eigenvalue weighted by Crippen LogP contribution is 2.20. The van der Waals surface area contributed by atoms with Crippen molar-refractivity contribution in [1.29, 1.82) is 0 Å². The van der Waals surface area contributed by atoms with Gasteiger partial charge < -0.3 is 15.4 Å². The van der Waals surface area contributed by atoms with Gasteiger partial charge in [0.25, 0.3) is 5.91 Å². The normalized spacial score (nSPS) is 18.4. The summed E-state index contributed by atoms with van der Waals surface area (Å²) in [4.78, 5) is 13.7. The van der Waals surface area contributed by atoms with Crippen LogP contribution in [0.15, 0.2) is 42.5 Å². The quantitative estimate of drug-likeness (QED) is 0.925. The molecule has 1 aliphatic heterocycles. The SMILES string of the molecule is N[C@@H]1CCN(C(=O)COc2ccc3ccccc3c2)C1. The summed E-state index contributed by atoms with van der Waals surface area (Å²) in [5.74, 6) is 0.728. The Labute approximate surface area is 118 Å². The summed E-state index contributed by atoms with van der Waals surface area (Å²) in [5, 5.41) is 2.28. The highest BCUT2D eigenvalue weighted by molar-refractivity contribution is 5.84. The third-order valence-corrected chi connectivity index (χ3v) is 3.66. The van der Waals surface area contributed by atoms with E-state index in [0.29, 0.717) is 6.54 Å². The first-order valence-electron chi connectivity index (χ1n) is 6.87. The number of amides is 1. The number of fused-ring (bicyclic) bond motifs is 1. The van der Waals surface area contributed by atoms with Crippen LogP contribution < -0.4 is 10.5 Å². The van der Waals surface area contributed by atoms with Crippen LogP contribution >= 0.6 is 0 Å². The van der Waals surface area contributed by atoms with E-state index in [4.69, 9.17) is 10.5 Å². The van der Waals surface area contributed by atoms with Gasteiger partial charge in [0.05, 0.1) is 0 Å². The molecule has 2 aromatic rings. The van der Waals surface area contributed by atoms with Crippen LogP contribution in [-0.2, 0) is 4.79 Å². The fraction of sp³-hybridized carbons (Fsp3) is 0.312. The molecular weight excluding hydrogens is 252 g/mol. The van der Waals surface area contributed by atoms with E-state index in [2.05, 4.69) is 6.07 Å². The average molecular weight is 270 g/mol. The molecule has 20 heavy (non-hydrogen) atoms. The van der Waals surface area contributed by atoms with Crippen molar-refractivity contribution in [3.8, 4) is 5.75 Å². The molecule has 0 unspecified atom stereocenters. The fourth-order valence-electron chi connectivity index (χ4n) is 2.51. The highest BCUT2D eigenvalue weighted by atomic mass is 16.5. The lowest BCUT2D eigenvalue weighted by molar-refractivity contribution is -0.132. The van der Waals surface area contributed by atoms with Gasteiger partial charge in [-0.25, -0.2) is 0 Å². The summed E-state index contributed by atoms with van der Waals surface area (Å²) >= 11 is 0. The fourth-order valence-corrected chi connectivity index (χ4v) is 2.51. The zero-order valence-corrected chi connectivity index (χ0v) is 11.3. The molecule has 0 aromatic heterocycles. The summed E-state index contributed by atoms with van der Waals surface area (Å²) in [6.07, 6.45) is 0.877. The molecule has 0 spiro atoms. The van der Waals surface area contributed by atoms with E-state index in [0.717, 1.165) is 29.5 Å². The maximum Gasteiger partial charge on any atom is 0.260 e. The number of rotatable bonds is 3. The Hall–Kier alpha value is -2.07. The molecule has 0 saturated carbocycles. The number of ether oxygens (including phenoxy) is 1. The second-order valence-corrected chi connectivity index (χ2v) is 5.19. The molecule has 0 aliphatic carbocycles. The van der Waals surface area contributed by atoms with Crippen LogP contribution in [0.2, 0.25) is 0 Å². The largest absolute Gasteiger partial charge is 0.484 e. The molecule has 1 aliphatic rings. The lowest BCUT2D eigenvalue weighted by Gasteiger charge is -2.16. The summed E-state index contributed by atoms with van der Waals surface area (Å²) in [5.41, 5.74) is 5.80. The maximum absolute atomic E-state index is 12.0. The Morgan fingerprint density at radius 1 is 1.25 bits per heavy atom. The van der Waals surface area contributed by atoms with Gasteiger partial charge in [-0.15, -0.1) is 0 Å². The van der Waals surface area contributed by atoms with Crippen molar-refractivity contribution in [3.63, 3.8) is 0 Å². The van der Waals surface area contributed by atoms with Crippen molar-refractivity contribution < 1.29 is 9.53 Å². The van der Waals surface area contributed by atoms with Gasteiger partial charge in [0, 0.05) is 19.1 Å². The Bertz CT molecular complexity index is 627. The van der Waals surface area contributed by atoms with Crippen LogP contribution in [0.4, 0.5) is 0 Å². The first kappa shape index (κ1) is 12.9. The molecule has 3 rings (SSSR count).